The van der Waals surface area contributed by atoms with Gasteiger partial charge in [-0.15, -0.1) is 0 Å². The van der Waals surface area contributed by atoms with Gasteiger partial charge in [0, 0.05) is 31.1 Å². The van der Waals surface area contributed by atoms with E-state index >= 15 is 0 Å². The SMILES string of the molecule is CC1(C)CCC2=C1CC[C@H]([C@@]1(C)Cc3cnoc3C[C@@H]1CO)[C@H]2CO. The number of hydrogen-bond acceptors (Lipinski definition) is 4. The zero-order chi connectivity index (χ0) is 17.8. The van der Waals surface area contributed by atoms with Crippen molar-refractivity contribution in [3.05, 3.63) is 28.7 Å². The van der Waals surface area contributed by atoms with Crippen LogP contribution in [-0.4, -0.2) is 28.6 Å². The average molecular weight is 345 g/mol. The molecule has 0 spiro atoms. The quantitative estimate of drug-likeness (QED) is 0.823. The Kier molecular flexibility index (Phi) is 4.12. The number of nitrogens with zero attached hydrogens (tertiary/aromatic N) is 1. The Morgan fingerprint density at radius 2 is 2.00 bits per heavy atom. The van der Waals surface area contributed by atoms with Crippen LogP contribution in [0.5, 0.6) is 0 Å². The Balaban J connectivity index is 1.71. The van der Waals surface area contributed by atoms with Crippen molar-refractivity contribution < 1.29 is 14.7 Å². The lowest BCUT2D eigenvalue weighted by Crippen LogP contribution is -2.48. The highest BCUT2D eigenvalue weighted by Gasteiger charge is 2.51. The van der Waals surface area contributed by atoms with Gasteiger partial charge in [0.05, 0.1) is 6.20 Å². The molecule has 3 aliphatic rings. The maximum atomic E-state index is 10.3. The molecule has 1 heterocycles. The van der Waals surface area contributed by atoms with Crippen LogP contribution in [0.2, 0.25) is 0 Å². The van der Waals surface area contributed by atoms with E-state index in [0.29, 0.717) is 11.3 Å². The van der Waals surface area contributed by atoms with Gasteiger partial charge >= 0.3 is 0 Å². The van der Waals surface area contributed by atoms with Gasteiger partial charge in [0.1, 0.15) is 5.76 Å². The molecule has 138 valence electrons. The molecule has 0 fully saturated rings. The van der Waals surface area contributed by atoms with Gasteiger partial charge in [-0.2, -0.15) is 0 Å². The molecule has 0 amide bonds. The Morgan fingerprint density at radius 1 is 1.20 bits per heavy atom. The topological polar surface area (TPSA) is 66.5 Å². The molecule has 4 heteroatoms. The predicted molar refractivity (Wildman–Crippen MR) is 95.9 cm³/mol. The molecule has 1 aromatic rings. The maximum absolute atomic E-state index is 10.3. The number of fused-ring (bicyclic) bond motifs is 1. The minimum Gasteiger partial charge on any atom is -0.396 e. The minimum absolute atomic E-state index is 0.0219. The largest absolute Gasteiger partial charge is 0.396 e. The fourth-order valence-corrected chi connectivity index (χ4v) is 6.18. The van der Waals surface area contributed by atoms with E-state index in [1.807, 2.05) is 6.20 Å². The summed E-state index contributed by atoms with van der Waals surface area (Å²) < 4.78 is 5.40. The number of hydrogen-bond donors (Lipinski definition) is 2. The van der Waals surface area contributed by atoms with Gasteiger partial charge in [0.2, 0.25) is 0 Å². The fourth-order valence-electron chi connectivity index (χ4n) is 6.18. The number of aliphatic hydroxyl groups is 2. The van der Waals surface area contributed by atoms with Crippen molar-refractivity contribution in [1.29, 1.82) is 0 Å². The molecule has 1 aromatic heterocycles. The maximum Gasteiger partial charge on any atom is 0.140 e. The van der Waals surface area contributed by atoms with Crippen molar-refractivity contribution in [2.45, 2.75) is 59.3 Å². The number of allylic oxidation sites excluding steroid dienone is 1. The van der Waals surface area contributed by atoms with Gasteiger partial charge in [0.25, 0.3) is 0 Å². The van der Waals surface area contributed by atoms with E-state index in [2.05, 4.69) is 25.9 Å². The van der Waals surface area contributed by atoms with E-state index in [1.165, 1.54) is 17.6 Å². The normalized spacial score (nSPS) is 37.1. The van der Waals surface area contributed by atoms with Gasteiger partial charge in [-0.25, -0.2) is 0 Å². The van der Waals surface area contributed by atoms with Crippen molar-refractivity contribution in [1.82, 2.24) is 5.16 Å². The first-order chi connectivity index (χ1) is 11.9. The second kappa shape index (κ2) is 5.95. The van der Waals surface area contributed by atoms with Crippen LogP contribution in [0.4, 0.5) is 0 Å². The van der Waals surface area contributed by atoms with Crippen molar-refractivity contribution in [2.24, 2.45) is 28.6 Å². The first-order valence-electron chi connectivity index (χ1n) is 9.77. The third-order valence-corrected chi connectivity index (χ3v) is 7.79. The smallest absolute Gasteiger partial charge is 0.140 e. The second-order valence-electron chi connectivity index (χ2n) is 9.36. The van der Waals surface area contributed by atoms with Gasteiger partial charge < -0.3 is 14.7 Å². The van der Waals surface area contributed by atoms with Crippen LogP contribution in [-0.2, 0) is 12.8 Å². The third kappa shape index (κ3) is 2.52. The Morgan fingerprint density at radius 3 is 2.72 bits per heavy atom. The summed E-state index contributed by atoms with van der Waals surface area (Å²) in [7, 11) is 0. The first-order valence-corrected chi connectivity index (χ1v) is 9.77. The van der Waals surface area contributed by atoms with E-state index in [0.717, 1.165) is 37.9 Å². The summed E-state index contributed by atoms with van der Waals surface area (Å²) in [5.41, 5.74) is 4.59. The lowest BCUT2D eigenvalue weighted by Gasteiger charge is -2.50. The van der Waals surface area contributed by atoms with Crippen molar-refractivity contribution >= 4 is 0 Å². The Labute approximate surface area is 150 Å². The summed E-state index contributed by atoms with van der Waals surface area (Å²) in [5.74, 6) is 1.76. The molecule has 0 radical (unpaired) electrons. The summed E-state index contributed by atoms with van der Waals surface area (Å²) in [5, 5.41) is 24.4. The molecule has 0 unspecified atom stereocenters. The molecular weight excluding hydrogens is 314 g/mol. The molecule has 2 N–H and O–H groups in total. The molecule has 4 rings (SSSR count). The van der Waals surface area contributed by atoms with E-state index in [-0.39, 0.29) is 30.5 Å². The average Bonchev–Trinajstić information content (AvgIpc) is 3.16. The summed E-state index contributed by atoms with van der Waals surface area (Å²) >= 11 is 0. The van der Waals surface area contributed by atoms with E-state index in [1.54, 1.807) is 5.57 Å². The van der Waals surface area contributed by atoms with E-state index in [9.17, 15) is 10.2 Å². The summed E-state index contributed by atoms with van der Waals surface area (Å²) in [4.78, 5) is 0. The summed E-state index contributed by atoms with van der Waals surface area (Å²) in [6, 6.07) is 0. The van der Waals surface area contributed by atoms with Crippen LogP contribution in [0, 0.1) is 28.6 Å². The lowest BCUT2D eigenvalue weighted by atomic mass is 9.54. The van der Waals surface area contributed by atoms with Crippen LogP contribution in [0.3, 0.4) is 0 Å². The molecule has 0 saturated carbocycles. The summed E-state index contributed by atoms with van der Waals surface area (Å²) in [6.45, 7) is 7.42. The van der Waals surface area contributed by atoms with Crippen molar-refractivity contribution in [3.8, 4) is 0 Å². The van der Waals surface area contributed by atoms with Gasteiger partial charge in [0.15, 0.2) is 0 Å². The molecule has 0 aliphatic heterocycles. The van der Waals surface area contributed by atoms with E-state index in [4.69, 9.17) is 4.52 Å². The zero-order valence-electron chi connectivity index (χ0n) is 15.7. The van der Waals surface area contributed by atoms with Gasteiger partial charge in [-0.05, 0) is 54.8 Å². The standard InChI is InChI=1S/C21H31NO3/c1-20(2)7-6-15-16(12-24)18(5-4-17(15)20)21(3)9-13-10-22-25-19(13)8-14(21)11-23/h10,14,16,18,23-24H,4-9,11-12H2,1-3H3/t14-,16+,18+,21+/m1/s1. The molecule has 3 aliphatic carbocycles. The molecule has 4 nitrogen and oxygen atoms in total. The Hall–Kier alpha value is -1.13. The van der Waals surface area contributed by atoms with Crippen LogP contribution >= 0.6 is 0 Å². The highest BCUT2D eigenvalue weighted by molar-refractivity contribution is 5.33. The van der Waals surface area contributed by atoms with Crippen molar-refractivity contribution in [2.75, 3.05) is 13.2 Å². The van der Waals surface area contributed by atoms with Gasteiger partial charge in [-0.1, -0.05) is 37.1 Å². The minimum atomic E-state index is -0.0219. The zero-order valence-corrected chi connectivity index (χ0v) is 15.7. The third-order valence-electron chi connectivity index (χ3n) is 7.79. The first kappa shape index (κ1) is 17.3. The summed E-state index contributed by atoms with van der Waals surface area (Å²) in [6.07, 6.45) is 8.09. The van der Waals surface area contributed by atoms with Gasteiger partial charge in [-0.3, -0.25) is 0 Å². The fraction of sp³-hybridized carbons (Fsp3) is 0.762. The van der Waals surface area contributed by atoms with Crippen LogP contribution in [0.1, 0.15) is 57.8 Å². The highest BCUT2D eigenvalue weighted by Crippen LogP contribution is 2.58. The van der Waals surface area contributed by atoms with Crippen LogP contribution in [0.25, 0.3) is 0 Å². The predicted octanol–water partition coefficient (Wildman–Crippen LogP) is 3.52. The second-order valence-corrected chi connectivity index (χ2v) is 9.36. The van der Waals surface area contributed by atoms with Crippen LogP contribution in [0.15, 0.2) is 21.9 Å². The molecular formula is C21H31NO3. The molecule has 0 aromatic carbocycles. The van der Waals surface area contributed by atoms with Crippen LogP contribution < -0.4 is 0 Å². The molecule has 0 bridgehead atoms. The molecule has 4 atom stereocenters. The van der Waals surface area contributed by atoms with Crippen molar-refractivity contribution in [3.63, 3.8) is 0 Å². The number of aliphatic hydroxyl groups excluding tert-OH is 2. The number of aromatic nitrogens is 1. The number of rotatable bonds is 3. The van der Waals surface area contributed by atoms with E-state index < -0.39 is 0 Å². The molecule has 0 saturated heterocycles. The Bertz CT molecular complexity index is 689. The highest BCUT2D eigenvalue weighted by atomic mass is 16.5. The lowest BCUT2D eigenvalue weighted by molar-refractivity contribution is -0.00953. The monoisotopic (exact) mass is 345 g/mol. The molecule has 25 heavy (non-hydrogen) atoms.